The van der Waals surface area contributed by atoms with Crippen molar-refractivity contribution in [3.63, 3.8) is 0 Å². The lowest BCUT2D eigenvalue weighted by molar-refractivity contribution is 0.253. The average molecular weight is 390 g/mol. The quantitative estimate of drug-likeness (QED) is 0.489. The van der Waals surface area contributed by atoms with Crippen molar-refractivity contribution in [3.8, 4) is 11.1 Å². The minimum absolute atomic E-state index is 0.00728. The van der Waals surface area contributed by atoms with Crippen LogP contribution in [0.25, 0.3) is 27.7 Å². The molecule has 3 aromatic heterocycles. The van der Waals surface area contributed by atoms with Crippen molar-refractivity contribution in [2.75, 3.05) is 0 Å². The second kappa shape index (κ2) is 6.79. The van der Waals surface area contributed by atoms with Crippen LogP contribution in [-0.4, -0.2) is 19.2 Å². The Hall–Kier alpha value is -3.02. The first kappa shape index (κ1) is 18.0. The molecule has 0 saturated heterocycles. The van der Waals surface area contributed by atoms with E-state index in [2.05, 4.69) is 17.0 Å². The largest absolute Gasteiger partial charge is 0.312 e. The fourth-order valence-electron chi connectivity index (χ4n) is 4.72. The summed E-state index contributed by atoms with van der Waals surface area (Å²) in [6.07, 6.45) is 8.16. The number of aryl methyl sites for hydroxylation is 1. The van der Waals surface area contributed by atoms with Crippen LogP contribution in [0.5, 0.6) is 0 Å². The van der Waals surface area contributed by atoms with Crippen LogP contribution < -0.4 is 5.56 Å². The van der Waals surface area contributed by atoms with Gasteiger partial charge in [-0.1, -0.05) is 31.9 Å². The van der Waals surface area contributed by atoms with Gasteiger partial charge in [0.2, 0.25) is 0 Å². The van der Waals surface area contributed by atoms with Gasteiger partial charge >= 0.3 is 0 Å². The fraction of sp³-hybridized carbons (Fsp3) is 0.348. The van der Waals surface area contributed by atoms with Gasteiger partial charge in [-0.05, 0) is 49.4 Å². The third-order valence-electron chi connectivity index (χ3n) is 6.27. The van der Waals surface area contributed by atoms with Crippen LogP contribution >= 0.6 is 0 Å². The fourth-order valence-corrected chi connectivity index (χ4v) is 4.72. The summed E-state index contributed by atoms with van der Waals surface area (Å²) in [6, 6.07) is 8.53. The zero-order valence-corrected chi connectivity index (χ0v) is 16.6. The first-order chi connectivity index (χ1) is 14.0. The monoisotopic (exact) mass is 390 g/mol. The first-order valence-corrected chi connectivity index (χ1v) is 10.2. The zero-order chi connectivity index (χ0) is 20.1. The van der Waals surface area contributed by atoms with E-state index in [4.69, 9.17) is 0 Å². The number of halogens is 1. The predicted molar refractivity (Wildman–Crippen MR) is 112 cm³/mol. The van der Waals surface area contributed by atoms with Crippen molar-refractivity contribution < 1.29 is 4.39 Å². The number of nitrogens with zero attached hydrogens (tertiary/aromatic N) is 4. The van der Waals surface area contributed by atoms with E-state index in [0.29, 0.717) is 17.0 Å². The highest BCUT2D eigenvalue weighted by atomic mass is 19.1. The Labute approximate surface area is 167 Å². The molecule has 4 aromatic rings. The molecule has 5 nitrogen and oxygen atoms in total. The summed E-state index contributed by atoms with van der Waals surface area (Å²) in [7, 11) is 0. The highest BCUT2D eigenvalue weighted by molar-refractivity contribution is 5.86. The van der Waals surface area contributed by atoms with Gasteiger partial charge in [0.1, 0.15) is 5.82 Å². The van der Waals surface area contributed by atoms with Gasteiger partial charge in [0, 0.05) is 24.0 Å². The van der Waals surface area contributed by atoms with E-state index in [9.17, 15) is 9.18 Å². The summed E-state index contributed by atoms with van der Waals surface area (Å²) >= 11 is 0. The Morgan fingerprint density at radius 2 is 1.86 bits per heavy atom. The molecular formula is C23H23FN4O. The molecule has 1 aliphatic rings. The lowest BCUT2D eigenvalue weighted by Crippen LogP contribution is -2.30. The molecule has 0 N–H and O–H groups in total. The van der Waals surface area contributed by atoms with E-state index in [0.717, 1.165) is 41.6 Å². The van der Waals surface area contributed by atoms with Gasteiger partial charge in [0.25, 0.3) is 5.56 Å². The van der Waals surface area contributed by atoms with Crippen molar-refractivity contribution in [1.82, 2.24) is 19.2 Å². The molecule has 0 bridgehead atoms. The molecule has 5 rings (SSSR count). The van der Waals surface area contributed by atoms with Crippen LogP contribution in [0.3, 0.4) is 0 Å². The molecule has 1 aliphatic carbocycles. The molecule has 1 fully saturated rings. The number of aromatic nitrogens is 4. The van der Waals surface area contributed by atoms with Gasteiger partial charge in [-0.3, -0.25) is 4.79 Å². The van der Waals surface area contributed by atoms with Crippen LogP contribution in [0.2, 0.25) is 0 Å². The number of fused-ring (bicyclic) bond motifs is 3. The van der Waals surface area contributed by atoms with Crippen LogP contribution in [0.1, 0.15) is 44.3 Å². The number of pyridine rings is 1. The summed E-state index contributed by atoms with van der Waals surface area (Å²) in [5.41, 5.74) is 3.92. The summed E-state index contributed by atoms with van der Waals surface area (Å²) < 4.78 is 17.0. The molecule has 6 heteroatoms. The summed E-state index contributed by atoms with van der Waals surface area (Å²) in [6.45, 7) is 4.14. The van der Waals surface area contributed by atoms with Gasteiger partial charge in [0.15, 0.2) is 5.65 Å². The number of benzene rings is 1. The summed E-state index contributed by atoms with van der Waals surface area (Å²) in [4.78, 5) is 17.8. The van der Waals surface area contributed by atoms with Gasteiger partial charge in [-0.15, -0.1) is 0 Å². The van der Waals surface area contributed by atoms with Crippen LogP contribution in [-0.2, 0) is 0 Å². The Kier molecular flexibility index (Phi) is 4.23. The standard InChI is InChI=1S/C23H23FN4O/c1-14-5-3-4-6-19(14)27-12-11-20-18(23(27)29)13-25-22-21(15(2)26-28(20)22)16-7-9-17(24)10-8-16/h7-14,19H,3-6H2,1-2H3/t14-,19+/m0/s1. The Bertz CT molecular complexity index is 1270. The molecule has 0 unspecified atom stereocenters. The highest BCUT2D eigenvalue weighted by Crippen LogP contribution is 2.33. The minimum Gasteiger partial charge on any atom is -0.312 e. The van der Waals surface area contributed by atoms with Crippen molar-refractivity contribution in [1.29, 1.82) is 0 Å². The molecule has 1 saturated carbocycles. The Balaban J connectivity index is 1.70. The van der Waals surface area contributed by atoms with Gasteiger partial charge in [-0.25, -0.2) is 13.9 Å². The molecule has 0 radical (unpaired) electrons. The molecule has 0 aliphatic heterocycles. The molecule has 3 heterocycles. The Morgan fingerprint density at radius 1 is 1.10 bits per heavy atom. The minimum atomic E-state index is -0.279. The van der Waals surface area contributed by atoms with Crippen molar-refractivity contribution in [2.45, 2.75) is 45.6 Å². The lowest BCUT2D eigenvalue weighted by Gasteiger charge is -2.30. The molecule has 148 valence electrons. The Morgan fingerprint density at radius 3 is 2.62 bits per heavy atom. The third-order valence-corrected chi connectivity index (χ3v) is 6.27. The lowest BCUT2D eigenvalue weighted by atomic mass is 9.85. The molecule has 1 aromatic carbocycles. The zero-order valence-electron chi connectivity index (χ0n) is 16.6. The number of hydrogen-bond acceptors (Lipinski definition) is 3. The predicted octanol–water partition coefficient (Wildman–Crippen LogP) is 4.91. The summed E-state index contributed by atoms with van der Waals surface area (Å²) in [5.74, 6) is 0.214. The molecule has 0 amide bonds. The van der Waals surface area contributed by atoms with Crippen molar-refractivity contribution >= 4 is 16.6 Å². The molecular weight excluding hydrogens is 367 g/mol. The van der Waals surface area contributed by atoms with E-state index in [1.807, 2.05) is 23.8 Å². The van der Waals surface area contributed by atoms with E-state index < -0.39 is 0 Å². The first-order valence-electron chi connectivity index (χ1n) is 10.2. The van der Waals surface area contributed by atoms with Crippen LogP contribution in [0.15, 0.2) is 47.5 Å². The maximum absolute atomic E-state index is 13.3. The van der Waals surface area contributed by atoms with Crippen LogP contribution in [0, 0.1) is 18.7 Å². The molecule has 0 spiro atoms. The van der Waals surface area contributed by atoms with Crippen molar-refractivity contribution in [2.24, 2.45) is 5.92 Å². The maximum atomic E-state index is 13.3. The second-order valence-corrected chi connectivity index (χ2v) is 8.12. The average Bonchev–Trinajstić information content (AvgIpc) is 3.06. The van der Waals surface area contributed by atoms with E-state index in [-0.39, 0.29) is 17.4 Å². The smallest absolute Gasteiger partial charge is 0.261 e. The highest BCUT2D eigenvalue weighted by Gasteiger charge is 2.24. The second-order valence-electron chi connectivity index (χ2n) is 8.12. The third kappa shape index (κ3) is 2.85. The number of rotatable bonds is 2. The molecule has 29 heavy (non-hydrogen) atoms. The van der Waals surface area contributed by atoms with Gasteiger partial charge in [0.05, 0.1) is 16.6 Å². The van der Waals surface area contributed by atoms with E-state index in [1.54, 1.807) is 22.8 Å². The van der Waals surface area contributed by atoms with Gasteiger partial charge in [-0.2, -0.15) is 5.10 Å². The summed E-state index contributed by atoms with van der Waals surface area (Å²) in [5, 5.41) is 5.23. The van der Waals surface area contributed by atoms with E-state index >= 15 is 0 Å². The topological polar surface area (TPSA) is 52.2 Å². The number of hydrogen-bond donors (Lipinski definition) is 0. The van der Waals surface area contributed by atoms with Gasteiger partial charge < -0.3 is 4.57 Å². The molecule has 2 atom stereocenters. The van der Waals surface area contributed by atoms with E-state index in [1.165, 1.54) is 18.6 Å². The maximum Gasteiger partial charge on any atom is 0.261 e. The van der Waals surface area contributed by atoms with Crippen LogP contribution in [0.4, 0.5) is 4.39 Å². The van der Waals surface area contributed by atoms with Crippen molar-refractivity contribution in [3.05, 3.63) is 64.6 Å². The normalized spacial score (nSPS) is 19.8. The SMILES string of the molecule is Cc1nn2c(ncc3c(=O)n([C@@H]4CCCC[C@@H]4C)ccc32)c1-c1ccc(F)cc1.